The molecule has 3 saturated carbocycles. The lowest BCUT2D eigenvalue weighted by Crippen LogP contribution is -2.64. The second-order valence-corrected chi connectivity index (χ2v) is 11.5. The molecule has 1 aromatic carbocycles. The molecular weight excluding hydrogens is 410 g/mol. The number of halogens is 1. The average molecular weight is 438 g/mol. The molecule has 1 spiro atoms. The van der Waals surface area contributed by atoms with Crippen molar-refractivity contribution in [3.05, 3.63) is 40.4 Å². The molecule has 3 heterocycles. The van der Waals surface area contributed by atoms with Gasteiger partial charge >= 0.3 is 0 Å². The van der Waals surface area contributed by atoms with Crippen LogP contribution >= 0.6 is 11.6 Å². The van der Waals surface area contributed by atoms with E-state index in [-0.39, 0.29) is 5.41 Å². The summed E-state index contributed by atoms with van der Waals surface area (Å²) >= 11 is 6.36. The van der Waals surface area contributed by atoms with Gasteiger partial charge in [-0.25, -0.2) is 0 Å². The van der Waals surface area contributed by atoms with Crippen LogP contribution in [-0.2, 0) is 17.9 Å². The molecular formula is C24H28ClN5O. The molecule has 31 heavy (non-hydrogen) atoms. The maximum atomic E-state index is 12.6. The molecule has 6 nitrogen and oxygen atoms in total. The Bertz CT molecular complexity index is 1090. The van der Waals surface area contributed by atoms with Gasteiger partial charge in [0.25, 0.3) is 0 Å². The second-order valence-electron chi connectivity index (χ2n) is 11.0. The number of nitrogens with zero attached hydrogens (tertiary/aromatic N) is 5. The topological polar surface area (TPSA) is 54.3 Å². The van der Waals surface area contributed by atoms with Crippen LogP contribution in [-0.4, -0.2) is 49.6 Å². The van der Waals surface area contributed by atoms with E-state index in [0.29, 0.717) is 23.3 Å². The molecule has 0 N–H and O–H groups in total. The first-order chi connectivity index (χ1) is 14.9. The van der Waals surface area contributed by atoms with Crippen LogP contribution in [0.25, 0.3) is 5.69 Å². The molecule has 2 aromatic rings. The molecule has 0 unspecified atom stereocenters. The third kappa shape index (κ3) is 2.83. The van der Waals surface area contributed by atoms with Crippen molar-refractivity contribution in [3.63, 3.8) is 0 Å². The van der Waals surface area contributed by atoms with Crippen molar-refractivity contribution >= 4 is 17.5 Å². The highest BCUT2D eigenvalue weighted by Crippen LogP contribution is 2.58. The molecule has 2 aliphatic heterocycles. The van der Waals surface area contributed by atoms with E-state index < -0.39 is 0 Å². The number of aromatic nitrogens is 3. The lowest BCUT2D eigenvalue weighted by atomic mass is 9.57. The molecule has 1 aromatic heterocycles. The van der Waals surface area contributed by atoms with Gasteiger partial charge in [-0.05, 0) is 62.3 Å². The van der Waals surface area contributed by atoms with E-state index in [9.17, 15) is 4.79 Å². The average Bonchev–Trinajstić information content (AvgIpc) is 3.59. The molecule has 0 radical (unpaired) electrons. The van der Waals surface area contributed by atoms with Crippen molar-refractivity contribution in [2.24, 2.45) is 10.8 Å². The van der Waals surface area contributed by atoms with Crippen LogP contribution in [0, 0.1) is 10.8 Å². The van der Waals surface area contributed by atoms with Gasteiger partial charge in [0.2, 0.25) is 5.91 Å². The minimum Gasteiger partial charge on any atom is -0.341 e. The fourth-order valence-corrected chi connectivity index (χ4v) is 6.32. The number of carbonyl (C=O) groups excluding carboxylic acids is 1. The Hall–Kier alpha value is -1.92. The highest BCUT2D eigenvalue weighted by Gasteiger charge is 2.58. The highest BCUT2D eigenvalue weighted by molar-refractivity contribution is 6.30. The van der Waals surface area contributed by atoms with E-state index in [2.05, 4.69) is 38.5 Å². The Morgan fingerprint density at radius 2 is 1.90 bits per heavy atom. The van der Waals surface area contributed by atoms with Crippen molar-refractivity contribution in [2.45, 2.75) is 70.5 Å². The second kappa shape index (κ2) is 6.10. The van der Waals surface area contributed by atoms with Crippen LogP contribution in [0.1, 0.15) is 68.6 Å². The fraction of sp³-hybridized carbons (Fsp3) is 0.625. The third-order valence-electron chi connectivity index (χ3n) is 8.40. The first-order valence-electron chi connectivity index (χ1n) is 11.7. The number of likely N-dealkylation sites (tertiary alicyclic amines) is 1. The predicted octanol–water partition coefficient (Wildman–Crippen LogP) is 3.90. The summed E-state index contributed by atoms with van der Waals surface area (Å²) < 4.78 is 2.32. The highest BCUT2D eigenvalue weighted by atomic mass is 35.5. The quantitative estimate of drug-likeness (QED) is 0.730. The summed E-state index contributed by atoms with van der Waals surface area (Å²) in [6.45, 7) is 5.75. The molecule has 7 rings (SSSR count). The summed E-state index contributed by atoms with van der Waals surface area (Å²) in [5, 5.41) is 10.1. The van der Waals surface area contributed by atoms with Crippen LogP contribution in [0.2, 0.25) is 5.02 Å². The van der Waals surface area contributed by atoms with E-state index >= 15 is 0 Å². The number of hydrogen-bond acceptors (Lipinski definition) is 4. The lowest BCUT2D eigenvalue weighted by molar-refractivity contribution is -0.157. The summed E-state index contributed by atoms with van der Waals surface area (Å²) in [6, 6.07) is 6.90. The number of carbonyl (C=O) groups is 1. The first kappa shape index (κ1) is 18.6. The molecule has 7 heteroatoms. The van der Waals surface area contributed by atoms with Gasteiger partial charge in [0.05, 0.1) is 12.2 Å². The number of hydrogen-bond donors (Lipinski definition) is 0. The van der Waals surface area contributed by atoms with Crippen LogP contribution in [0.3, 0.4) is 0 Å². The SMILES string of the molecule is CC1(C(=O)N2CC3(CC(c4nnc5n4-c4ccc(Cl)cc4CN(C4CC4)C5)C3)C2)CC1. The van der Waals surface area contributed by atoms with E-state index in [1.807, 2.05) is 6.07 Å². The number of amides is 1. The molecule has 1 amide bonds. The molecule has 5 aliphatic rings. The molecule has 0 bridgehead atoms. The Labute approximate surface area is 187 Å². The standard InChI is InChI=1S/C24H28ClN5O/c1-23(6-7-23)22(31)29-13-24(14-29)9-16(10-24)21-27-26-20-12-28(18-3-4-18)11-15-8-17(25)2-5-19(15)30(20)21/h2,5,8,16,18H,3-4,6-7,9-14H2,1H3. The largest absolute Gasteiger partial charge is 0.341 e. The lowest BCUT2D eigenvalue weighted by Gasteiger charge is -2.59. The molecule has 1 saturated heterocycles. The van der Waals surface area contributed by atoms with E-state index in [1.165, 1.54) is 24.1 Å². The minimum atomic E-state index is -0.0481. The third-order valence-corrected chi connectivity index (χ3v) is 8.63. The van der Waals surface area contributed by atoms with Crippen LogP contribution in [0.15, 0.2) is 18.2 Å². The maximum Gasteiger partial charge on any atom is 0.228 e. The summed E-state index contributed by atoms with van der Waals surface area (Å²) in [5.41, 5.74) is 2.72. The number of rotatable bonds is 3. The Kier molecular flexibility index (Phi) is 3.67. The van der Waals surface area contributed by atoms with Crippen LogP contribution in [0.4, 0.5) is 0 Å². The Morgan fingerprint density at radius 1 is 1.13 bits per heavy atom. The zero-order valence-corrected chi connectivity index (χ0v) is 18.7. The summed E-state index contributed by atoms with van der Waals surface area (Å²) in [7, 11) is 0. The zero-order chi connectivity index (χ0) is 21.0. The van der Waals surface area contributed by atoms with Gasteiger partial charge in [0.15, 0.2) is 5.82 Å². The van der Waals surface area contributed by atoms with Crippen molar-refractivity contribution in [2.75, 3.05) is 13.1 Å². The fourth-order valence-electron chi connectivity index (χ4n) is 6.13. The van der Waals surface area contributed by atoms with Gasteiger partial charge in [-0.2, -0.15) is 0 Å². The van der Waals surface area contributed by atoms with E-state index in [0.717, 1.165) is 68.5 Å². The van der Waals surface area contributed by atoms with Gasteiger partial charge < -0.3 is 4.90 Å². The minimum absolute atomic E-state index is 0.0481. The first-order valence-corrected chi connectivity index (χ1v) is 12.1. The molecule has 3 aliphatic carbocycles. The van der Waals surface area contributed by atoms with Gasteiger partial charge in [0.1, 0.15) is 5.82 Å². The van der Waals surface area contributed by atoms with Gasteiger partial charge in [-0.15, -0.1) is 10.2 Å². The molecule has 0 atom stereocenters. The van der Waals surface area contributed by atoms with Crippen molar-refractivity contribution in [3.8, 4) is 5.69 Å². The van der Waals surface area contributed by atoms with Crippen molar-refractivity contribution in [1.29, 1.82) is 0 Å². The van der Waals surface area contributed by atoms with Crippen LogP contribution in [0.5, 0.6) is 0 Å². The van der Waals surface area contributed by atoms with E-state index in [1.54, 1.807) is 0 Å². The van der Waals surface area contributed by atoms with Crippen LogP contribution < -0.4 is 0 Å². The van der Waals surface area contributed by atoms with Gasteiger partial charge in [-0.1, -0.05) is 18.5 Å². The number of fused-ring (bicyclic) bond motifs is 3. The van der Waals surface area contributed by atoms with Gasteiger partial charge in [0, 0.05) is 47.4 Å². The van der Waals surface area contributed by atoms with E-state index in [4.69, 9.17) is 16.7 Å². The Morgan fingerprint density at radius 3 is 2.61 bits per heavy atom. The predicted molar refractivity (Wildman–Crippen MR) is 117 cm³/mol. The maximum absolute atomic E-state index is 12.6. The summed E-state index contributed by atoms with van der Waals surface area (Å²) in [5.74, 6) is 2.95. The Balaban J connectivity index is 1.14. The summed E-state index contributed by atoms with van der Waals surface area (Å²) in [4.78, 5) is 17.2. The normalized spacial score (nSPS) is 25.9. The van der Waals surface area contributed by atoms with Gasteiger partial charge in [-0.3, -0.25) is 14.3 Å². The molecule has 4 fully saturated rings. The smallest absolute Gasteiger partial charge is 0.228 e. The number of benzene rings is 1. The zero-order valence-electron chi connectivity index (χ0n) is 18.0. The molecule has 162 valence electrons. The van der Waals surface area contributed by atoms with Crippen molar-refractivity contribution < 1.29 is 4.79 Å². The summed E-state index contributed by atoms with van der Waals surface area (Å²) in [6.07, 6.45) is 6.89. The monoisotopic (exact) mass is 437 g/mol. The van der Waals surface area contributed by atoms with Crippen molar-refractivity contribution in [1.82, 2.24) is 24.6 Å².